The summed E-state index contributed by atoms with van der Waals surface area (Å²) in [5.41, 5.74) is 4.17. The second-order valence-electron chi connectivity index (χ2n) is 7.40. The van der Waals surface area contributed by atoms with Crippen LogP contribution in [0, 0.1) is 13.8 Å². The maximum atomic E-state index is 12.8. The van der Waals surface area contributed by atoms with E-state index in [4.69, 9.17) is 14.2 Å². The number of aryl methyl sites for hydroxylation is 2. The number of rotatable bonds is 6. The number of ketones is 1. The van der Waals surface area contributed by atoms with Crippen LogP contribution in [0.4, 0.5) is 0 Å². The van der Waals surface area contributed by atoms with Crippen molar-refractivity contribution in [2.75, 3.05) is 6.61 Å². The summed E-state index contributed by atoms with van der Waals surface area (Å²) in [5.74, 6) is 0.496. The first-order valence-electron chi connectivity index (χ1n) is 9.97. The molecule has 0 radical (unpaired) electrons. The summed E-state index contributed by atoms with van der Waals surface area (Å²) in [4.78, 5) is 24.8. The zero-order chi connectivity index (χ0) is 21.8. The van der Waals surface area contributed by atoms with Crippen LogP contribution >= 0.6 is 0 Å². The van der Waals surface area contributed by atoms with Gasteiger partial charge < -0.3 is 14.2 Å². The van der Waals surface area contributed by atoms with E-state index in [0.717, 1.165) is 22.3 Å². The molecule has 4 rings (SSSR count). The normalized spacial score (nSPS) is 13.6. The van der Waals surface area contributed by atoms with E-state index in [-0.39, 0.29) is 24.8 Å². The Morgan fingerprint density at radius 1 is 1.00 bits per heavy atom. The van der Waals surface area contributed by atoms with Crippen molar-refractivity contribution in [3.8, 4) is 11.5 Å². The molecule has 5 nitrogen and oxygen atoms in total. The van der Waals surface area contributed by atoms with Crippen molar-refractivity contribution in [2.24, 2.45) is 0 Å². The lowest BCUT2D eigenvalue weighted by Gasteiger charge is -2.09. The van der Waals surface area contributed by atoms with Gasteiger partial charge in [0.15, 0.2) is 12.4 Å². The fourth-order valence-corrected chi connectivity index (χ4v) is 3.30. The Kier molecular flexibility index (Phi) is 5.85. The Morgan fingerprint density at radius 3 is 2.48 bits per heavy atom. The molecule has 156 valence electrons. The van der Waals surface area contributed by atoms with Gasteiger partial charge in [-0.05, 0) is 42.7 Å². The van der Waals surface area contributed by atoms with Crippen molar-refractivity contribution in [1.29, 1.82) is 0 Å². The van der Waals surface area contributed by atoms with Gasteiger partial charge in [-0.25, -0.2) is 4.79 Å². The fourth-order valence-electron chi connectivity index (χ4n) is 3.30. The number of esters is 1. The molecule has 0 saturated carbocycles. The van der Waals surface area contributed by atoms with Crippen LogP contribution in [0.25, 0.3) is 6.08 Å². The quantitative estimate of drug-likeness (QED) is 0.418. The van der Waals surface area contributed by atoms with E-state index >= 15 is 0 Å². The highest BCUT2D eigenvalue weighted by Crippen LogP contribution is 2.37. The smallest absolute Gasteiger partial charge is 0.344 e. The maximum absolute atomic E-state index is 12.8. The monoisotopic (exact) mass is 414 g/mol. The summed E-state index contributed by atoms with van der Waals surface area (Å²) in [5, 5.41) is 0. The minimum atomic E-state index is -0.473. The van der Waals surface area contributed by atoms with Gasteiger partial charge in [0.25, 0.3) is 0 Å². The highest BCUT2D eigenvalue weighted by Gasteiger charge is 2.30. The van der Waals surface area contributed by atoms with Crippen molar-refractivity contribution in [1.82, 2.24) is 0 Å². The van der Waals surface area contributed by atoms with Gasteiger partial charge in [0.2, 0.25) is 5.78 Å². The number of carbonyl (C=O) groups excluding carboxylic acids is 2. The minimum Gasteiger partial charge on any atom is -0.482 e. The van der Waals surface area contributed by atoms with Gasteiger partial charge in [-0.3, -0.25) is 4.79 Å². The summed E-state index contributed by atoms with van der Waals surface area (Å²) >= 11 is 0. The Labute approximate surface area is 180 Å². The molecule has 31 heavy (non-hydrogen) atoms. The third-order valence-electron chi connectivity index (χ3n) is 4.92. The van der Waals surface area contributed by atoms with Crippen LogP contribution in [-0.2, 0) is 16.1 Å². The second-order valence-corrected chi connectivity index (χ2v) is 7.40. The molecule has 0 spiro atoms. The number of benzene rings is 3. The SMILES string of the molecule is Cc1ccc(/C=C2\Oc3cc(OCC(=O)OCc4ccccc4)cc(C)c3C2=O)cc1. The van der Waals surface area contributed by atoms with Crippen molar-refractivity contribution in [3.63, 3.8) is 0 Å². The summed E-state index contributed by atoms with van der Waals surface area (Å²) in [6.45, 7) is 3.78. The largest absolute Gasteiger partial charge is 0.482 e. The molecular formula is C26H22O5. The molecule has 0 aromatic heterocycles. The molecule has 1 aliphatic rings. The predicted octanol–water partition coefficient (Wildman–Crippen LogP) is 5.04. The van der Waals surface area contributed by atoms with E-state index < -0.39 is 5.97 Å². The first-order chi connectivity index (χ1) is 15.0. The Morgan fingerprint density at radius 2 is 1.74 bits per heavy atom. The van der Waals surface area contributed by atoms with Gasteiger partial charge in [-0.1, -0.05) is 60.2 Å². The van der Waals surface area contributed by atoms with Crippen molar-refractivity contribution >= 4 is 17.8 Å². The molecule has 5 heteroatoms. The molecule has 1 aliphatic heterocycles. The Balaban J connectivity index is 1.41. The first kappa shape index (κ1) is 20.4. The summed E-state index contributed by atoms with van der Waals surface area (Å²) in [6.07, 6.45) is 1.72. The van der Waals surface area contributed by atoms with E-state index in [0.29, 0.717) is 17.1 Å². The van der Waals surface area contributed by atoms with Crippen LogP contribution in [0.2, 0.25) is 0 Å². The highest BCUT2D eigenvalue weighted by molar-refractivity contribution is 6.15. The van der Waals surface area contributed by atoms with Crippen LogP contribution in [0.5, 0.6) is 11.5 Å². The van der Waals surface area contributed by atoms with Crippen LogP contribution in [0.3, 0.4) is 0 Å². The fraction of sp³-hybridized carbons (Fsp3) is 0.154. The van der Waals surface area contributed by atoms with Crippen LogP contribution in [0.1, 0.15) is 32.6 Å². The lowest BCUT2D eigenvalue weighted by molar-refractivity contribution is -0.147. The number of carbonyl (C=O) groups is 2. The molecule has 3 aromatic carbocycles. The minimum absolute atomic E-state index is 0.165. The molecular weight excluding hydrogens is 392 g/mol. The molecule has 0 saturated heterocycles. The second kappa shape index (κ2) is 8.88. The summed E-state index contributed by atoms with van der Waals surface area (Å²) in [7, 11) is 0. The molecule has 0 N–H and O–H groups in total. The molecule has 0 unspecified atom stereocenters. The Hall–Kier alpha value is -3.86. The van der Waals surface area contributed by atoms with Crippen LogP contribution in [-0.4, -0.2) is 18.4 Å². The zero-order valence-corrected chi connectivity index (χ0v) is 17.4. The van der Waals surface area contributed by atoms with Gasteiger partial charge in [0, 0.05) is 6.07 Å². The van der Waals surface area contributed by atoms with Gasteiger partial charge in [0.05, 0.1) is 5.56 Å². The van der Waals surface area contributed by atoms with Gasteiger partial charge in [-0.15, -0.1) is 0 Å². The number of ether oxygens (including phenoxy) is 3. The Bertz CT molecular complexity index is 1140. The molecule has 1 heterocycles. The average Bonchev–Trinajstić information content (AvgIpc) is 3.08. The van der Waals surface area contributed by atoms with E-state index in [9.17, 15) is 9.59 Å². The zero-order valence-electron chi connectivity index (χ0n) is 17.4. The highest BCUT2D eigenvalue weighted by atomic mass is 16.6. The molecule has 0 aliphatic carbocycles. The predicted molar refractivity (Wildman–Crippen MR) is 117 cm³/mol. The summed E-state index contributed by atoms with van der Waals surface area (Å²) < 4.78 is 16.6. The van der Waals surface area contributed by atoms with Crippen molar-refractivity contribution in [3.05, 3.63) is 100 Å². The molecule has 3 aromatic rings. The number of hydrogen-bond acceptors (Lipinski definition) is 5. The van der Waals surface area contributed by atoms with Crippen LogP contribution in [0.15, 0.2) is 72.5 Å². The van der Waals surface area contributed by atoms with E-state index in [1.165, 1.54) is 0 Å². The van der Waals surface area contributed by atoms with Gasteiger partial charge in [0.1, 0.15) is 18.1 Å². The van der Waals surface area contributed by atoms with Crippen LogP contribution < -0.4 is 9.47 Å². The lowest BCUT2D eigenvalue weighted by atomic mass is 10.0. The summed E-state index contributed by atoms with van der Waals surface area (Å²) in [6, 6.07) is 20.6. The van der Waals surface area contributed by atoms with Gasteiger partial charge >= 0.3 is 5.97 Å². The van der Waals surface area contributed by atoms with Gasteiger partial charge in [-0.2, -0.15) is 0 Å². The number of Topliss-reactive ketones (excluding diaryl/α,β-unsaturated/α-hetero) is 1. The van der Waals surface area contributed by atoms with Crippen molar-refractivity contribution < 1.29 is 23.8 Å². The number of allylic oxidation sites excluding steroid dienone is 1. The van der Waals surface area contributed by atoms with E-state index in [1.807, 2.05) is 68.4 Å². The average molecular weight is 414 g/mol. The molecule has 0 atom stereocenters. The first-order valence-corrected chi connectivity index (χ1v) is 9.97. The topological polar surface area (TPSA) is 61.8 Å². The maximum Gasteiger partial charge on any atom is 0.344 e. The third kappa shape index (κ3) is 4.83. The molecule has 0 bridgehead atoms. The lowest BCUT2D eigenvalue weighted by Crippen LogP contribution is -2.14. The van der Waals surface area contributed by atoms with E-state index in [1.54, 1.807) is 18.2 Å². The standard InChI is InChI=1S/C26H22O5/c1-17-8-10-19(11-9-17)13-23-26(28)25-18(2)12-21(14-22(25)31-23)29-16-24(27)30-15-20-6-4-3-5-7-20/h3-14H,15-16H2,1-2H3/b23-13-. The van der Waals surface area contributed by atoms with E-state index in [2.05, 4.69) is 0 Å². The van der Waals surface area contributed by atoms with Crippen molar-refractivity contribution in [2.45, 2.75) is 20.5 Å². The number of fused-ring (bicyclic) bond motifs is 1. The molecule has 0 fully saturated rings. The molecule has 0 amide bonds. The third-order valence-corrected chi connectivity index (χ3v) is 4.92. The number of hydrogen-bond donors (Lipinski definition) is 0.